The summed E-state index contributed by atoms with van der Waals surface area (Å²) in [5, 5.41) is 11.0. The summed E-state index contributed by atoms with van der Waals surface area (Å²) in [5.41, 5.74) is 3.64. The molecule has 5 heteroatoms. The Morgan fingerprint density at radius 1 is 1.41 bits per heavy atom. The van der Waals surface area contributed by atoms with Gasteiger partial charge in [-0.05, 0) is 37.3 Å². The standard InChI is InChI=1S/C17H23N3O2/c1-12-5-7-19(8-6-12)11-15-14(9-17(21)22)18-16-4-3-13(2)10-20(15)16/h3-4,10,12H,5-9,11H2,1-2H3,(H,21,22). The number of carbonyl (C=O) groups is 1. The van der Waals surface area contributed by atoms with Gasteiger partial charge in [-0.25, -0.2) is 4.98 Å². The maximum Gasteiger partial charge on any atom is 0.137 e. The average Bonchev–Trinajstić information content (AvgIpc) is 2.78. The number of hydrogen-bond acceptors (Lipinski definition) is 3. The second kappa shape index (κ2) is 6.08. The third-order valence-corrected chi connectivity index (χ3v) is 4.66. The van der Waals surface area contributed by atoms with Crippen LogP contribution in [-0.4, -0.2) is 28.4 Å². The lowest BCUT2D eigenvalue weighted by molar-refractivity contribution is -0.920. The maximum atomic E-state index is 11.0. The van der Waals surface area contributed by atoms with Crippen molar-refractivity contribution < 1.29 is 14.8 Å². The van der Waals surface area contributed by atoms with Gasteiger partial charge in [0.15, 0.2) is 0 Å². The van der Waals surface area contributed by atoms with E-state index in [1.54, 1.807) is 0 Å². The molecule has 1 aliphatic heterocycles. The predicted molar refractivity (Wildman–Crippen MR) is 81.4 cm³/mol. The number of nitrogens with zero attached hydrogens (tertiary/aromatic N) is 2. The summed E-state index contributed by atoms with van der Waals surface area (Å²) in [4.78, 5) is 17.1. The van der Waals surface area contributed by atoms with Crippen LogP contribution in [-0.2, 0) is 17.8 Å². The molecule has 0 aromatic carbocycles. The van der Waals surface area contributed by atoms with E-state index in [2.05, 4.69) is 16.3 Å². The van der Waals surface area contributed by atoms with Gasteiger partial charge in [0, 0.05) is 18.6 Å². The Morgan fingerprint density at radius 3 is 2.82 bits per heavy atom. The fourth-order valence-corrected chi connectivity index (χ4v) is 3.30. The summed E-state index contributed by atoms with van der Waals surface area (Å²) in [5.74, 6) is -0.264. The minimum Gasteiger partial charge on any atom is -0.550 e. The minimum absolute atomic E-state index is 0.111. The van der Waals surface area contributed by atoms with Crippen molar-refractivity contribution in [1.29, 1.82) is 0 Å². The van der Waals surface area contributed by atoms with Crippen LogP contribution in [0.1, 0.15) is 36.7 Å². The van der Waals surface area contributed by atoms with Crippen molar-refractivity contribution in [1.82, 2.24) is 9.38 Å². The lowest BCUT2D eigenvalue weighted by atomic mass is 9.99. The molecule has 1 N–H and O–H groups in total. The van der Waals surface area contributed by atoms with Gasteiger partial charge >= 0.3 is 0 Å². The van der Waals surface area contributed by atoms with Gasteiger partial charge in [-0.2, -0.15) is 0 Å². The molecule has 0 unspecified atom stereocenters. The maximum absolute atomic E-state index is 11.0. The van der Waals surface area contributed by atoms with Crippen LogP contribution in [0.15, 0.2) is 18.3 Å². The molecule has 2 aromatic heterocycles. The van der Waals surface area contributed by atoms with Gasteiger partial charge in [0.05, 0.1) is 18.8 Å². The Kier molecular flexibility index (Phi) is 4.16. The molecule has 22 heavy (non-hydrogen) atoms. The van der Waals surface area contributed by atoms with Gasteiger partial charge in [-0.1, -0.05) is 13.0 Å². The van der Waals surface area contributed by atoms with Crippen molar-refractivity contribution in [3.8, 4) is 0 Å². The zero-order valence-corrected chi connectivity index (χ0v) is 13.3. The van der Waals surface area contributed by atoms with E-state index in [1.807, 2.05) is 25.3 Å². The second-order valence-electron chi connectivity index (χ2n) is 6.60. The monoisotopic (exact) mass is 301 g/mol. The molecular weight excluding hydrogens is 278 g/mol. The highest BCUT2D eigenvalue weighted by molar-refractivity contribution is 5.68. The summed E-state index contributed by atoms with van der Waals surface area (Å²) in [7, 11) is 0. The van der Waals surface area contributed by atoms with Gasteiger partial charge < -0.3 is 14.8 Å². The summed E-state index contributed by atoms with van der Waals surface area (Å²) in [6.07, 6.45) is 4.41. The fraction of sp³-hybridized carbons (Fsp3) is 0.529. The molecule has 1 fully saturated rings. The van der Waals surface area contributed by atoms with Crippen LogP contribution in [0.25, 0.3) is 5.65 Å². The van der Waals surface area contributed by atoms with Crippen LogP contribution < -0.4 is 10.0 Å². The largest absolute Gasteiger partial charge is 0.550 e. The number of aliphatic carboxylic acids is 1. The number of piperidine rings is 1. The number of carbonyl (C=O) groups excluding carboxylic acids is 1. The Labute approximate surface area is 130 Å². The van der Waals surface area contributed by atoms with E-state index in [0.29, 0.717) is 5.69 Å². The SMILES string of the molecule is Cc1ccc2nc(CC(=O)[O-])c(C[NH+]3CCC(C)CC3)n2c1. The lowest BCUT2D eigenvalue weighted by Crippen LogP contribution is -3.11. The topological polar surface area (TPSA) is 61.9 Å². The van der Waals surface area contributed by atoms with Crippen molar-refractivity contribution in [2.45, 2.75) is 39.7 Å². The van der Waals surface area contributed by atoms with Gasteiger partial charge in [-0.15, -0.1) is 0 Å². The molecule has 0 saturated carbocycles. The minimum atomic E-state index is -1.07. The molecule has 0 amide bonds. The zero-order valence-electron chi connectivity index (χ0n) is 13.3. The third-order valence-electron chi connectivity index (χ3n) is 4.66. The lowest BCUT2D eigenvalue weighted by Gasteiger charge is -2.27. The number of aromatic nitrogens is 2. The number of likely N-dealkylation sites (tertiary alicyclic amines) is 1. The Morgan fingerprint density at radius 2 is 2.14 bits per heavy atom. The molecule has 0 aliphatic carbocycles. The summed E-state index contributed by atoms with van der Waals surface area (Å²) in [6, 6.07) is 3.95. The van der Waals surface area contributed by atoms with Crippen LogP contribution in [0.3, 0.4) is 0 Å². The first-order chi connectivity index (χ1) is 10.5. The fourth-order valence-electron chi connectivity index (χ4n) is 3.30. The van der Waals surface area contributed by atoms with Gasteiger partial charge in [0.25, 0.3) is 0 Å². The third kappa shape index (κ3) is 3.14. The molecule has 3 heterocycles. The number of carboxylic acid groups (broad SMARTS) is 1. The number of pyridine rings is 1. The average molecular weight is 301 g/mol. The molecule has 2 aromatic rings. The molecule has 0 spiro atoms. The van der Waals surface area contributed by atoms with Crippen LogP contribution >= 0.6 is 0 Å². The quantitative estimate of drug-likeness (QED) is 0.847. The Hall–Kier alpha value is -1.88. The summed E-state index contributed by atoms with van der Waals surface area (Å²) < 4.78 is 2.05. The van der Waals surface area contributed by atoms with E-state index in [0.717, 1.165) is 42.5 Å². The molecule has 118 valence electrons. The summed E-state index contributed by atoms with van der Waals surface area (Å²) >= 11 is 0. The van der Waals surface area contributed by atoms with E-state index < -0.39 is 5.97 Å². The first kappa shape index (κ1) is 15.0. The highest BCUT2D eigenvalue weighted by Crippen LogP contribution is 2.15. The predicted octanol–water partition coefficient (Wildman–Crippen LogP) is -0.250. The first-order valence-corrected chi connectivity index (χ1v) is 8.03. The summed E-state index contributed by atoms with van der Waals surface area (Å²) in [6.45, 7) is 7.46. The highest BCUT2D eigenvalue weighted by atomic mass is 16.4. The van der Waals surface area contributed by atoms with Crippen LogP contribution in [0.5, 0.6) is 0 Å². The smallest absolute Gasteiger partial charge is 0.137 e. The van der Waals surface area contributed by atoms with Gasteiger partial charge in [0.2, 0.25) is 0 Å². The molecule has 5 nitrogen and oxygen atoms in total. The van der Waals surface area contributed by atoms with Crippen molar-refractivity contribution in [3.05, 3.63) is 35.3 Å². The van der Waals surface area contributed by atoms with E-state index in [-0.39, 0.29) is 6.42 Å². The number of hydrogen-bond donors (Lipinski definition) is 1. The Balaban J connectivity index is 1.93. The number of quaternary nitrogens is 1. The zero-order chi connectivity index (χ0) is 15.7. The van der Waals surface area contributed by atoms with E-state index in [9.17, 15) is 9.90 Å². The molecule has 0 bridgehead atoms. The van der Waals surface area contributed by atoms with Crippen LogP contribution in [0.4, 0.5) is 0 Å². The van der Waals surface area contributed by atoms with Crippen molar-refractivity contribution in [3.63, 3.8) is 0 Å². The highest BCUT2D eigenvalue weighted by Gasteiger charge is 2.22. The number of rotatable bonds is 4. The first-order valence-electron chi connectivity index (χ1n) is 8.03. The molecule has 3 rings (SSSR count). The molecule has 0 atom stereocenters. The van der Waals surface area contributed by atoms with Gasteiger partial charge in [0.1, 0.15) is 17.9 Å². The number of fused-ring (bicyclic) bond motifs is 1. The van der Waals surface area contributed by atoms with E-state index in [1.165, 1.54) is 17.7 Å². The molecule has 1 aliphatic rings. The number of aryl methyl sites for hydroxylation is 1. The Bertz CT molecular complexity index is 685. The van der Waals surface area contributed by atoms with Crippen LogP contribution in [0, 0.1) is 12.8 Å². The van der Waals surface area contributed by atoms with Crippen LogP contribution in [0.2, 0.25) is 0 Å². The number of nitrogens with one attached hydrogen (secondary N) is 1. The molecule has 1 saturated heterocycles. The van der Waals surface area contributed by atoms with E-state index in [4.69, 9.17) is 0 Å². The van der Waals surface area contributed by atoms with Crippen molar-refractivity contribution in [2.75, 3.05) is 13.1 Å². The second-order valence-corrected chi connectivity index (χ2v) is 6.60. The van der Waals surface area contributed by atoms with Crippen molar-refractivity contribution in [2.24, 2.45) is 5.92 Å². The van der Waals surface area contributed by atoms with E-state index >= 15 is 0 Å². The number of imidazole rings is 1. The normalized spacial score (nSPS) is 22.1. The van der Waals surface area contributed by atoms with Gasteiger partial charge in [-0.3, -0.25) is 4.40 Å². The van der Waals surface area contributed by atoms with Crippen molar-refractivity contribution >= 4 is 11.6 Å². The molecular formula is C17H23N3O2. The molecule has 0 radical (unpaired) electrons. The number of carboxylic acids is 1.